The molecule has 0 amide bonds. The Bertz CT molecular complexity index is 3880. The first-order valence-corrected chi connectivity index (χ1v) is 28.5. The molecule has 13 heteroatoms. The van der Waals surface area contributed by atoms with Gasteiger partial charge >= 0.3 is 0 Å². The molecule has 0 atom stereocenters. The molecule has 12 rings (SSSR count). The Balaban J connectivity index is 1.31. The van der Waals surface area contributed by atoms with Gasteiger partial charge in [0, 0.05) is 37.9 Å². The molecule has 1 aliphatic rings. The number of para-hydroxylation sites is 6. The van der Waals surface area contributed by atoms with Crippen molar-refractivity contribution in [3.05, 3.63) is 198 Å². The van der Waals surface area contributed by atoms with E-state index >= 15 is 0 Å². The van der Waals surface area contributed by atoms with Gasteiger partial charge in [-0.15, -0.1) is 0 Å². The molecule has 0 radical (unpaired) electrons. The van der Waals surface area contributed by atoms with Gasteiger partial charge < -0.3 is 4.74 Å². The third-order valence-electron chi connectivity index (χ3n) is 12.9. The van der Waals surface area contributed by atoms with Gasteiger partial charge in [0.1, 0.15) is 38.5 Å². The molecule has 11 aromatic rings. The third-order valence-corrected chi connectivity index (χ3v) is 26.4. The largest absolute Gasteiger partial charge is 0.457 e. The van der Waals surface area contributed by atoms with E-state index in [1.54, 1.807) is 12.1 Å². The second-order valence-corrected chi connectivity index (χ2v) is 27.0. The summed E-state index contributed by atoms with van der Waals surface area (Å²) in [5.74, 6) is 0.458. The van der Waals surface area contributed by atoms with Crippen LogP contribution in [0.15, 0.2) is 187 Å². The monoisotopic (exact) mass is 941 g/mol. The molecule has 4 aromatic heterocycles. The van der Waals surface area contributed by atoms with Crippen molar-refractivity contribution >= 4 is 107 Å². The second kappa shape index (κ2) is 15.0. The number of fused-ring (bicyclic) bond motifs is 7. The minimum absolute atomic E-state index is 0.0782. The number of aromatic nitrogens is 7. The van der Waals surface area contributed by atoms with Crippen LogP contribution in [0.3, 0.4) is 0 Å². The van der Waals surface area contributed by atoms with E-state index in [0.29, 0.717) is 34.0 Å². The van der Waals surface area contributed by atoms with Gasteiger partial charge in [-0.25, -0.2) is 15.0 Å². The second-order valence-electron chi connectivity index (χ2n) is 16.1. The summed E-state index contributed by atoms with van der Waals surface area (Å²) in [6.45, 7) is -14.7. The van der Waals surface area contributed by atoms with E-state index in [-0.39, 0.29) is 22.6 Å². The van der Waals surface area contributed by atoms with E-state index in [0.717, 1.165) is 43.3 Å². The predicted molar refractivity (Wildman–Crippen MR) is 274 cm³/mol. The summed E-state index contributed by atoms with van der Waals surface area (Å²) in [4.78, 5) is 14.1. The maximum atomic E-state index is 9.89. The molecule has 0 N–H and O–H groups in total. The summed E-state index contributed by atoms with van der Waals surface area (Å²) < 4.78 is 136. The number of ether oxygens (including phenoxy) is 1. The smallest absolute Gasteiger partial charge is 0.220 e. The van der Waals surface area contributed by atoms with Crippen LogP contribution < -0.4 is 36.4 Å². The predicted octanol–water partition coefficient (Wildman–Crippen LogP) is 8.21. The molecule has 1 aliphatic heterocycles. The highest BCUT2D eigenvalue weighted by Crippen LogP contribution is 2.56. The van der Waals surface area contributed by atoms with Crippen LogP contribution in [-0.2, 0) is 4.66 Å². The normalized spacial score (nSPS) is 17.3. The number of hydrogen-bond donors (Lipinski definition) is 0. The average Bonchev–Trinajstić information content (AvgIpc) is 4.41. The maximum Gasteiger partial charge on any atom is 0.220 e. The zero-order chi connectivity index (χ0) is 54.0. The van der Waals surface area contributed by atoms with Crippen LogP contribution in [0.5, 0.6) is 11.5 Å². The molecule has 7 aromatic carbocycles. The van der Waals surface area contributed by atoms with Crippen molar-refractivity contribution in [3.63, 3.8) is 0 Å². The summed E-state index contributed by atoms with van der Waals surface area (Å²) in [5.41, 5.74) is 4.90. The minimum atomic E-state index is -6.24. The first-order chi connectivity index (χ1) is 36.8. The Morgan fingerprint density at radius 3 is 1.78 bits per heavy atom. The van der Waals surface area contributed by atoms with E-state index in [1.165, 1.54) is 35.3 Å². The van der Waals surface area contributed by atoms with Crippen molar-refractivity contribution < 1.29 is 21.2 Å². The summed E-state index contributed by atoms with van der Waals surface area (Å²) in [6.07, 6.45) is 0. The average molecular weight is 942 g/mol. The number of rotatable bonds is 9. The fourth-order valence-corrected chi connectivity index (χ4v) is 24.0. The fourth-order valence-electron chi connectivity index (χ4n) is 10.3. The van der Waals surface area contributed by atoms with Gasteiger partial charge in [0.2, 0.25) is 5.78 Å². The lowest BCUT2D eigenvalue weighted by Crippen LogP contribution is -2.78. The topological polar surface area (TPSA) is 83.0 Å². The standard InChI is InChI=1S/C52H43N7OS2Si3/c1-63(2,49-53-34-61-56-49)52(64(3,4)50-54-35-62-57-50)40-25-11-16-31-46(40)60-48-41(52)26-18-32-47(48)65(37-20-7-5-8-21-37,38-22-9-6-10-23-38)39-24-17-19-36(33-39)58-44-29-14-15-30-45(44)59-43-28-13-12-27-42(43)55-51(58)59/h5-35H,1-4H3/i1D3,2D3,3D3,4D3. The highest BCUT2D eigenvalue weighted by Gasteiger charge is 2.67. The first-order valence-electron chi connectivity index (χ1n) is 26.8. The van der Waals surface area contributed by atoms with Crippen LogP contribution in [0.25, 0.3) is 33.5 Å². The van der Waals surface area contributed by atoms with Crippen molar-refractivity contribution in [1.29, 1.82) is 0 Å². The Morgan fingerprint density at radius 2 is 1.12 bits per heavy atom. The maximum absolute atomic E-state index is 9.89. The van der Waals surface area contributed by atoms with Crippen LogP contribution in [-0.4, -0.2) is 56.9 Å². The van der Waals surface area contributed by atoms with Gasteiger partial charge in [0.15, 0.2) is 8.07 Å². The van der Waals surface area contributed by atoms with Gasteiger partial charge in [-0.3, -0.25) is 8.97 Å². The van der Waals surface area contributed by atoms with Crippen LogP contribution in [0.1, 0.15) is 27.6 Å². The number of benzene rings is 7. The van der Waals surface area contributed by atoms with Gasteiger partial charge in [0.25, 0.3) is 0 Å². The van der Waals surface area contributed by atoms with Gasteiger partial charge in [-0.2, -0.15) is 8.75 Å². The Labute approximate surface area is 404 Å². The minimum Gasteiger partial charge on any atom is -0.457 e. The quantitative estimate of drug-likeness (QED) is 0.107. The van der Waals surface area contributed by atoms with Crippen LogP contribution in [0, 0.1) is 0 Å². The zero-order valence-corrected chi connectivity index (χ0v) is 38.9. The van der Waals surface area contributed by atoms with E-state index in [4.69, 9.17) is 9.72 Å². The molecule has 0 aliphatic carbocycles. The third kappa shape index (κ3) is 5.53. The van der Waals surface area contributed by atoms with E-state index in [1.807, 2.05) is 133 Å². The lowest BCUT2D eigenvalue weighted by molar-refractivity contribution is 0.453. The van der Waals surface area contributed by atoms with Crippen molar-refractivity contribution in [3.8, 4) is 17.2 Å². The molecule has 0 unspecified atom stereocenters. The summed E-state index contributed by atoms with van der Waals surface area (Å²) in [5, 5.41) is 2.86. The molecular weight excluding hydrogens is 887 g/mol. The molecule has 0 fully saturated rings. The molecule has 316 valence electrons. The van der Waals surface area contributed by atoms with Crippen LogP contribution >= 0.6 is 23.1 Å². The number of imidazole rings is 2. The molecule has 0 saturated carbocycles. The van der Waals surface area contributed by atoms with Crippen molar-refractivity contribution in [2.45, 2.75) is 30.6 Å². The Kier molecular flexibility index (Phi) is 6.68. The van der Waals surface area contributed by atoms with E-state index < -0.39 is 65.7 Å². The lowest BCUT2D eigenvalue weighted by atomic mass is 9.98. The van der Waals surface area contributed by atoms with Gasteiger partial charge in [0.05, 0.1) is 33.1 Å². The Hall–Kier alpha value is -6.62. The van der Waals surface area contributed by atoms with Crippen LogP contribution in [0.4, 0.5) is 0 Å². The van der Waals surface area contributed by atoms with Crippen molar-refractivity contribution in [2.24, 2.45) is 0 Å². The van der Waals surface area contributed by atoms with E-state index in [2.05, 4.69) is 33.7 Å². The van der Waals surface area contributed by atoms with Crippen molar-refractivity contribution in [1.82, 2.24) is 32.7 Å². The highest BCUT2D eigenvalue weighted by atomic mass is 32.1. The number of nitrogens with zero attached hydrogens (tertiary/aromatic N) is 7. The SMILES string of the molecule is [2H]C([2H])([2H])[Si](c1ncsn1)(C([2H])([2H])[2H])C1([Si](c2ncsn2)(C([2H])([2H])[2H])C([2H])([2H])[2H])c2ccccc2Oc2c1cccc2[Si](c1ccccc1)(c1ccccc1)c1cccc(-n2c3ccccc3n3c4ccccc4nc23)c1. The summed E-state index contributed by atoms with van der Waals surface area (Å²) in [7, 11) is -16.5. The van der Waals surface area contributed by atoms with Crippen LogP contribution in [0.2, 0.25) is 25.9 Å². The molecule has 0 spiro atoms. The molecule has 8 nitrogen and oxygen atoms in total. The first kappa shape index (κ1) is 29.0. The van der Waals surface area contributed by atoms with E-state index in [9.17, 15) is 16.4 Å². The van der Waals surface area contributed by atoms with Gasteiger partial charge in [-0.1, -0.05) is 159 Å². The molecule has 65 heavy (non-hydrogen) atoms. The van der Waals surface area contributed by atoms with Gasteiger partial charge in [-0.05, 0) is 86.3 Å². The zero-order valence-electron chi connectivity index (χ0n) is 46.3. The van der Waals surface area contributed by atoms with Crippen molar-refractivity contribution in [2.75, 3.05) is 0 Å². The number of hydrogen-bond acceptors (Lipinski definition) is 8. The highest BCUT2D eigenvalue weighted by molar-refractivity contribution is 7.20. The Morgan fingerprint density at radius 1 is 0.554 bits per heavy atom. The molecule has 0 bridgehead atoms. The lowest BCUT2D eigenvalue weighted by Gasteiger charge is -2.55. The molecule has 5 heterocycles. The molecular formula is C52H43N7OS2Si3. The molecule has 0 saturated heterocycles. The fraction of sp³-hybridized carbons (Fsp3) is 0.0962. The summed E-state index contributed by atoms with van der Waals surface area (Å²) >= 11 is 1.39. The summed E-state index contributed by atoms with van der Waals surface area (Å²) in [6, 6.07) is 54.5.